The third-order valence-corrected chi connectivity index (χ3v) is 6.64. The molecule has 4 aromatic rings. The summed E-state index contributed by atoms with van der Waals surface area (Å²) in [6.07, 6.45) is 5.78. The van der Waals surface area contributed by atoms with Crippen molar-refractivity contribution in [2.24, 2.45) is 5.73 Å². The fourth-order valence-electron chi connectivity index (χ4n) is 4.97. The Kier molecular flexibility index (Phi) is 5.80. The second-order valence-corrected chi connectivity index (χ2v) is 8.92. The Morgan fingerprint density at radius 3 is 2.61 bits per heavy atom. The summed E-state index contributed by atoms with van der Waals surface area (Å²) in [6.45, 7) is 0.936. The number of fused-ring (bicyclic) bond motifs is 1. The number of nitrogens with two attached hydrogens (primary N) is 1. The molecular weight excluding hydrogens is 410 g/mol. The standard InChI is InChI=1S/C27H27N5O/c28-16-21-9-4-5-10-22(21)18-32-25-24(30-26(32)20-11-6-12-23(29)15-20)13-14-31(27(25)33)17-19-7-2-1-3-8-19/h1-5,7-10,13-14,20,23H,6,11-12,15,17-18,29H2/t20?,23-/m1/s1. The fraction of sp³-hybridized carbons (Fsp3) is 0.296. The number of rotatable bonds is 5. The number of benzene rings is 2. The summed E-state index contributed by atoms with van der Waals surface area (Å²) in [5, 5.41) is 9.62. The second-order valence-electron chi connectivity index (χ2n) is 8.92. The monoisotopic (exact) mass is 437 g/mol. The lowest BCUT2D eigenvalue weighted by atomic mass is 9.85. The molecule has 0 amide bonds. The number of aromatic nitrogens is 3. The van der Waals surface area contributed by atoms with E-state index in [9.17, 15) is 10.1 Å². The summed E-state index contributed by atoms with van der Waals surface area (Å²) in [5.41, 5.74) is 10.1. The van der Waals surface area contributed by atoms with Crippen LogP contribution in [0.15, 0.2) is 71.7 Å². The van der Waals surface area contributed by atoms with Gasteiger partial charge in [-0.2, -0.15) is 5.26 Å². The third kappa shape index (κ3) is 4.20. The van der Waals surface area contributed by atoms with E-state index in [0.29, 0.717) is 29.7 Å². The molecule has 1 aliphatic carbocycles. The van der Waals surface area contributed by atoms with Gasteiger partial charge in [0.05, 0.1) is 30.2 Å². The number of nitriles is 1. The van der Waals surface area contributed by atoms with E-state index in [1.165, 1.54) is 0 Å². The maximum atomic E-state index is 13.7. The number of hydrogen-bond acceptors (Lipinski definition) is 4. The van der Waals surface area contributed by atoms with Crippen LogP contribution in [0.3, 0.4) is 0 Å². The van der Waals surface area contributed by atoms with Crippen molar-refractivity contribution in [3.05, 3.63) is 99.7 Å². The van der Waals surface area contributed by atoms with Crippen molar-refractivity contribution >= 4 is 11.0 Å². The summed E-state index contributed by atoms with van der Waals surface area (Å²) in [6, 6.07) is 21.9. The molecule has 1 fully saturated rings. The molecule has 0 radical (unpaired) electrons. The van der Waals surface area contributed by atoms with Gasteiger partial charge in [-0.1, -0.05) is 55.0 Å². The molecule has 1 unspecified atom stereocenters. The van der Waals surface area contributed by atoms with Crippen LogP contribution < -0.4 is 11.3 Å². The normalized spacial score (nSPS) is 18.3. The molecule has 166 valence electrons. The molecule has 2 atom stereocenters. The molecule has 2 heterocycles. The summed E-state index contributed by atoms with van der Waals surface area (Å²) in [7, 11) is 0. The maximum Gasteiger partial charge on any atom is 0.277 e. The molecule has 2 aromatic carbocycles. The first kappa shape index (κ1) is 21.2. The zero-order chi connectivity index (χ0) is 22.8. The van der Waals surface area contributed by atoms with Gasteiger partial charge in [0.25, 0.3) is 5.56 Å². The van der Waals surface area contributed by atoms with Gasteiger partial charge >= 0.3 is 0 Å². The summed E-state index contributed by atoms with van der Waals surface area (Å²) >= 11 is 0. The summed E-state index contributed by atoms with van der Waals surface area (Å²) in [4.78, 5) is 18.6. The first-order valence-corrected chi connectivity index (χ1v) is 11.5. The highest BCUT2D eigenvalue weighted by Gasteiger charge is 2.27. The van der Waals surface area contributed by atoms with Crippen LogP contribution in [0.5, 0.6) is 0 Å². The minimum absolute atomic E-state index is 0.0651. The molecule has 0 spiro atoms. The summed E-state index contributed by atoms with van der Waals surface area (Å²) in [5.74, 6) is 1.11. The Morgan fingerprint density at radius 1 is 1.03 bits per heavy atom. The van der Waals surface area contributed by atoms with Crippen molar-refractivity contribution in [3.63, 3.8) is 0 Å². The Hall–Kier alpha value is -3.69. The first-order valence-electron chi connectivity index (χ1n) is 11.5. The predicted molar refractivity (Wildman–Crippen MR) is 129 cm³/mol. The van der Waals surface area contributed by atoms with Crippen LogP contribution in [0.2, 0.25) is 0 Å². The largest absolute Gasteiger partial charge is 0.328 e. The lowest BCUT2D eigenvalue weighted by Gasteiger charge is -2.26. The molecule has 0 saturated heterocycles. The third-order valence-electron chi connectivity index (χ3n) is 6.64. The van der Waals surface area contributed by atoms with Crippen LogP contribution in [0.1, 0.15) is 54.1 Å². The van der Waals surface area contributed by atoms with E-state index in [-0.39, 0.29) is 17.5 Å². The molecule has 6 nitrogen and oxygen atoms in total. The molecule has 0 bridgehead atoms. The first-order chi connectivity index (χ1) is 16.1. The number of imidazole rings is 1. The van der Waals surface area contributed by atoms with Crippen molar-refractivity contribution in [2.45, 2.75) is 50.7 Å². The van der Waals surface area contributed by atoms with Gasteiger partial charge in [-0.15, -0.1) is 0 Å². The number of pyridine rings is 1. The van der Waals surface area contributed by atoms with Crippen LogP contribution in [0.4, 0.5) is 0 Å². The van der Waals surface area contributed by atoms with E-state index >= 15 is 0 Å². The highest BCUT2D eigenvalue weighted by atomic mass is 16.1. The molecule has 0 aliphatic heterocycles. The second kappa shape index (κ2) is 9.05. The van der Waals surface area contributed by atoms with Crippen molar-refractivity contribution < 1.29 is 0 Å². The molecule has 6 heteroatoms. The molecule has 2 N–H and O–H groups in total. The van der Waals surface area contributed by atoms with Crippen LogP contribution >= 0.6 is 0 Å². The zero-order valence-corrected chi connectivity index (χ0v) is 18.5. The van der Waals surface area contributed by atoms with Crippen LogP contribution in [-0.4, -0.2) is 20.2 Å². The minimum Gasteiger partial charge on any atom is -0.328 e. The number of nitrogens with zero attached hydrogens (tertiary/aromatic N) is 4. The van der Waals surface area contributed by atoms with Crippen LogP contribution in [-0.2, 0) is 13.1 Å². The Balaban J connectivity index is 1.66. The maximum absolute atomic E-state index is 13.7. The lowest BCUT2D eigenvalue weighted by Crippen LogP contribution is -2.28. The average Bonchev–Trinajstić information content (AvgIpc) is 3.21. The molecule has 1 aliphatic rings. The van der Waals surface area contributed by atoms with Gasteiger partial charge in [-0.25, -0.2) is 4.98 Å². The quantitative estimate of drug-likeness (QED) is 0.508. The topological polar surface area (TPSA) is 89.6 Å². The molecule has 2 aromatic heterocycles. The van der Waals surface area contributed by atoms with E-state index in [4.69, 9.17) is 10.7 Å². The van der Waals surface area contributed by atoms with Gasteiger partial charge in [-0.05, 0) is 42.5 Å². The molecule has 1 saturated carbocycles. The zero-order valence-electron chi connectivity index (χ0n) is 18.5. The molecular formula is C27H27N5O. The average molecular weight is 438 g/mol. The van der Waals surface area contributed by atoms with Crippen LogP contribution in [0, 0.1) is 11.3 Å². The smallest absolute Gasteiger partial charge is 0.277 e. The SMILES string of the molecule is N#Cc1ccccc1Cn1c(C2CCC[C@@H](N)C2)nc2ccn(Cc3ccccc3)c(=O)c21. The van der Waals surface area contributed by atoms with Crippen molar-refractivity contribution in [2.75, 3.05) is 0 Å². The van der Waals surface area contributed by atoms with Gasteiger partial charge < -0.3 is 14.9 Å². The van der Waals surface area contributed by atoms with Gasteiger partial charge in [0.2, 0.25) is 0 Å². The predicted octanol–water partition coefficient (Wildman–Crippen LogP) is 4.15. The van der Waals surface area contributed by atoms with Gasteiger partial charge in [0.15, 0.2) is 0 Å². The van der Waals surface area contributed by atoms with Crippen molar-refractivity contribution in [3.8, 4) is 6.07 Å². The van der Waals surface area contributed by atoms with E-state index < -0.39 is 0 Å². The van der Waals surface area contributed by atoms with E-state index in [1.807, 2.05) is 71.4 Å². The minimum atomic E-state index is -0.0651. The van der Waals surface area contributed by atoms with Gasteiger partial charge in [0, 0.05) is 18.2 Å². The molecule has 33 heavy (non-hydrogen) atoms. The molecule has 5 rings (SSSR count). The Bertz CT molecular complexity index is 1380. The van der Waals surface area contributed by atoms with Crippen LogP contribution in [0.25, 0.3) is 11.0 Å². The van der Waals surface area contributed by atoms with Gasteiger partial charge in [-0.3, -0.25) is 4.79 Å². The Labute approximate surface area is 192 Å². The van der Waals surface area contributed by atoms with E-state index in [1.54, 1.807) is 4.57 Å². The lowest BCUT2D eigenvalue weighted by molar-refractivity contribution is 0.376. The summed E-state index contributed by atoms with van der Waals surface area (Å²) < 4.78 is 3.78. The fourth-order valence-corrected chi connectivity index (χ4v) is 4.97. The highest BCUT2D eigenvalue weighted by Crippen LogP contribution is 2.33. The van der Waals surface area contributed by atoms with Crippen molar-refractivity contribution in [1.82, 2.24) is 14.1 Å². The van der Waals surface area contributed by atoms with E-state index in [0.717, 1.165) is 42.6 Å². The highest BCUT2D eigenvalue weighted by molar-refractivity contribution is 5.75. The number of hydrogen-bond donors (Lipinski definition) is 1. The van der Waals surface area contributed by atoms with Crippen molar-refractivity contribution in [1.29, 1.82) is 5.26 Å². The van der Waals surface area contributed by atoms with E-state index in [2.05, 4.69) is 6.07 Å². The van der Waals surface area contributed by atoms with Gasteiger partial charge in [0.1, 0.15) is 11.3 Å². The Morgan fingerprint density at radius 2 is 1.82 bits per heavy atom.